The van der Waals surface area contributed by atoms with E-state index in [1.807, 2.05) is 0 Å². The zero-order chi connectivity index (χ0) is 8.40. The van der Waals surface area contributed by atoms with Crippen molar-refractivity contribution in [3.63, 3.8) is 0 Å². The SMILES string of the molecule is O=C1N2CCNC13OP(=O)(O2)O3. The van der Waals surface area contributed by atoms with Crippen LogP contribution in [0.25, 0.3) is 0 Å². The maximum Gasteiger partial charge on any atom is 0.504 e. The van der Waals surface area contributed by atoms with Crippen molar-refractivity contribution >= 4 is 13.7 Å². The predicted molar refractivity (Wildman–Crippen MR) is 33.3 cm³/mol. The van der Waals surface area contributed by atoms with Crippen LogP contribution in [-0.2, 0) is 23.0 Å². The molecule has 0 aromatic heterocycles. The van der Waals surface area contributed by atoms with Gasteiger partial charge in [0.1, 0.15) is 0 Å². The molecule has 1 N–H and O–H groups in total. The summed E-state index contributed by atoms with van der Waals surface area (Å²) in [7, 11) is -3.42. The van der Waals surface area contributed by atoms with E-state index in [9.17, 15) is 9.36 Å². The predicted octanol–water partition coefficient (Wildman–Crippen LogP) is -0.828. The Balaban J connectivity index is 2.05. The number of phosphoric acid groups is 1. The quantitative estimate of drug-likeness (QED) is 0.505. The molecule has 0 aliphatic carbocycles. The number of hydrogen-bond acceptors (Lipinski definition) is 6. The fourth-order valence-corrected chi connectivity index (χ4v) is 2.75. The molecule has 0 saturated carbocycles. The summed E-state index contributed by atoms with van der Waals surface area (Å²) in [6.45, 7) is 0.850. The number of hydroxylamine groups is 2. The van der Waals surface area contributed by atoms with Crippen molar-refractivity contribution in [2.75, 3.05) is 13.1 Å². The van der Waals surface area contributed by atoms with E-state index < -0.39 is 19.6 Å². The lowest BCUT2D eigenvalue weighted by molar-refractivity contribution is -0.314. The first-order valence-corrected chi connectivity index (χ1v) is 4.88. The van der Waals surface area contributed by atoms with Gasteiger partial charge in [-0.3, -0.25) is 10.1 Å². The molecule has 7 nitrogen and oxygen atoms in total. The summed E-state index contributed by atoms with van der Waals surface area (Å²) < 4.78 is 25.3. The topological polar surface area (TPSA) is 77.1 Å². The monoisotopic (exact) mass is 192 g/mol. The Labute approximate surface area is 67.1 Å². The number of rotatable bonds is 0. The van der Waals surface area contributed by atoms with E-state index in [0.29, 0.717) is 13.1 Å². The summed E-state index contributed by atoms with van der Waals surface area (Å²) in [5.41, 5.74) is 0. The minimum absolute atomic E-state index is 0.358. The molecule has 0 aromatic rings. The largest absolute Gasteiger partial charge is 0.504 e. The first-order chi connectivity index (χ1) is 5.64. The third-order valence-electron chi connectivity index (χ3n) is 1.86. The molecule has 1 amide bonds. The lowest BCUT2D eigenvalue weighted by Gasteiger charge is -2.53. The van der Waals surface area contributed by atoms with Crippen LogP contribution in [0.5, 0.6) is 0 Å². The Kier molecular flexibility index (Phi) is 1.01. The first-order valence-electron chi connectivity index (χ1n) is 3.42. The van der Waals surface area contributed by atoms with Gasteiger partial charge in [0, 0.05) is 6.54 Å². The molecule has 4 heterocycles. The lowest BCUT2D eigenvalue weighted by atomic mass is 10.3. The van der Waals surface area contributed by atoms with E-state index in [2.05, 4.69) is 9.94 Å². The van der Waals surface area contributed by atoms with Gasteiger partial charge < -0.3 is 0 Å². The van der Waals surface area contributed by atoms with Crippen LogP contribution >= 0.6 is 7.82 Å². The molecule has 8 heteroatoms. The van der Waals surface area contributed by atoms with Gasteiger partial charge in [-0.05, 0) is 0 Å². The number of carbonyl (C=O) groups is 1. The smallest absolute Gasteiger partial charge is 0.264 e. The van der Waals surface area contributed by atoms with Crippen LogP contribution in [0.15, 0.2) is 0 Å². The van der Waals surface area contributed by atoms with Crippen LogP contribution in [0.4, 0.5) is 0 Å². The fourth-order valence-electron chi connectivity index (χ4n) is 1.36. The maximum absolute atomic E-state index is 11.3. The van der Waals surface area contributed by atoms with Crippen LogP contribution in [-0.4, -0.2) is 30.0 Å². The molecule has 3 bridgehead atoms. The lowest BCUT2D eigenvalue weighted by Crippen LogP contribution is -2.73. The zero-order valence-corrected chi connectivity index (χ0v) is 6.74. The van der Waals surface area contributed by atoms with E-state index in [4.69, 9.17) is 9.05 Å². The van der Waals surface area contributed by atoms with Crippen molar-refractivity contribution in [2.24, 2.45) is 0 Å². The Morgan fingerprint density at radius 1 is 1.58 bits per heavy atom. The number of hydrogen-bond donors (Lipinski definition) is 1. The van der Waals surface area contributed by atoms with Crippen molar-refractivity contribution in [2.45, 2.75) is 5.91 Å². The Hall–Kier alpha value is -0.460. The molecule has 4 aliphatic heterocycles. The molecule has 66 valence electrons. The second-order valence-electron chi connectivity index (χ2n) is 2.66. The van der Waals surface area contributed by atoms with Gasteiger partial charge >= 0.3 is 19.6 Å². The normalized spacial score (nSPS) is 50.3. The first kappa shape index (κ1) is 6.99. The number of nitrogens with one attached hydrogen (secondary N) is 1. The third kappa shape index (κ3) is 0.618. The van der Waals surface area contributed by atoms with Crippen molar-refractivity contribution in [1.29, 1.82) is 0 Å². The van der Waals surface area contributed by atoms with E-state index in [-0.39, 0.29) is 0 Å². The van der Waals surface area contributed by atoms with Crippen molar-refractivity contribution < 1.29 is 23.0 Å². The number of carbonyl (C=O) groups excluding carboxylic acids is 1. The van der Waals surface area contributed by atoms with Gasteiger partial charge in [0.05, 0.1) is 6.54 Å². The minimum atomic E-state index is -3.42. The average molecular weight is 192 g/mol. The minimum Gasteiger partial charge on any atom is -0.264 e. The second-order valence-corrected chi connectivity index (χ2v) is 4.08. The third-order valence-corrected chi connectivity index (χ3v) is 3.22. The summed E-state index contributed by atoms with van der Waals surface area (Å²) in [6.07, 6.45) is 0. The van der Waals surface area contributed by atoms with Crippen molar-refractivity contribution in [1.82, 2.24) is 10.4 Å². The summed E-state index contributed by atoms with van der Waals surface area (Å²) in [6, 6.07) is 0. The summed E-state index contributed by atoms with van der Waals surface area (Å²) in [4.78, 5) is 11.3. The van der Waals surface area contributed by atoms with Gasteiger partial charge in [0.25, 0.3) is 0 Å². The molecular formula is C4H5N2O5P. The highest BCUT2D eigenvalue weighted by Gasteiger charge is 2.71. The molecule has 4 saturated heterocycles. The standard InChI is InChI=1S/C4H5N2O5P/c7-3-4-5-1-2-6(3)11-12(8,9-4)10-4/h5H,1-2H2. The van der Waals surface area contributed by atoms with Gasteiger partial charge in [-0.15, -0.1) is 0 Å². The highest BCUT2D eigenvalue weighted by atomic mass is 31.2. The van der Waals surface area contributed by atoms with Gasteiger partial charge in [0.2, 0.25) is 0 Å². The molecule has 0 radical (unpaired) electrons. The van der Waals surface area contributed by atoms with E-state index in [1.54, 1.807) is 0 Å². The molecule has 4 aliphatic rings. The second kappa shape index (κ2) is 1.73. The van der Waals surface area contributed by atoms with Gasteiger partial charge in [0.15, 0.2) is 0 Å². The van der Waals surface area contributed by atoms with Crippen LogP contribution in [0.3, 0.4) is 0 Å². The van der Waals surface area contributed by atoms with E-state index in [0.717, 1.165) is 5.06 Å². The highest BCUT2D eigenvalue weighted by molar-refractivity contribution is 7.50. The molecule has 12 heavy (non-hydrogen) atoms. The number of amides is 1. The zero-order valence-electron chi connectivity index (χ0n) is 5.85. The Bertz CT molecular complexity index is 298. The summed E-state index contributed by atoms with van der Waals surface area (Å²) >= 11 is 0. The fraction of sp³-hybridized carbons (Fsp3) is 0.750. The molecule has 0 aromatic carbocycles. The number of piperazine rings is 1. The summed E-state index contributed by atoms with van der Waals surface area (Å²) in [5.74, 6) is -1.99. The van der Waals surface area contributed by atoms with Gasteiger partial charge in [-0.1, -0.05) is 0 Å². The van der Waals surface area contributed by atoms with E-state index >= 15 is 0 Å². The van der Waals surface area contributed by atoms with E-state index in [1.165, 1.54) is 0 Å². The molecule has 0 unspecified atom stereocenters. The van der Waals surface area contributed by atoms with Crippen molar-refractivity contribution in [3.8, 4) is 0 Å². The molecule has 0 atom stereocenters. The van der Waals surface area contributed by atoms with Crippen molar-refractivity contribution in [3.05, 3.63) is 0 Å². The highest BCUT2D eigenvalue weighted by Crippen LogP contribution is 2.68. The van der Waals surface area contributed by atoms with Crippen LogP contribution in [0, 0.1) is 0 Å². The van der Waals surface area contributed by atoms with Crippen LogP contribution in [0.2, 0.25) is 0 Å². The summed E-state index contributed by atoms with van der Waals surface area (Å²) in [5, 5.41) is 3.70. The maximum atomic E-state index is 11.3. The average Bonchev–Trinajstić information content (AvgIpc) is 1.89. The molecule has 1 spiro atoms. The number of phosphoric ester groups is 1. The van der Waals surface area contributed by atoms with Gasteiger partial charge in [-0.2, -0.15) is 4.62 Å². The molecular weight excluding hydrogens is 187 g/mol. The number of nitrogens with zero attached hydrogens (tertiary/aromatic N) is 1. The van der Waals surface area contributed by atoms with Gasteiger partial charge in [-0.25, -0.2) is 18.7 Å². The van der Waals surface area contributed by atoms with Crippen LogP contribution < -0.4 is 5.32 Å². The Morgan fingerprint density at radius 3 is 3.00 bits per heavy atom. The molecule has 4 fully saturated rings. The Morgan fingerprint density at radius 2 is 2.33 bits per heavy atom. The van der Waals surface area contributed by atoms with Crippen LogP contribution in [0.1, 0.15) is 0 Å². The molecule has 4 rings (SSSR count).